The van der Waals surface area contributed by atoms with E-state index in [1.165, 1.54) is 37.7 Å². The van der Waals surface area contributed by atoms with E-state index in [9.17, 15) is 4.79 Å². The molecule has 1 rings (SSSR count). The summed E-state index contributed by atoms with van der Waals surface area (Å²) in [5.41, 5.74) is 3.20. The predicted molar refractivity (Wildman–Crippen MR) is 78.2 cm³/mol. The van der Waals surface area contributed by atoms with Crippen LogP contribution >= 0.6 is 0 Å². The molecule has 0 saturated heterocycles. The van der Waals surface area contributed by atoms with Crippen molar-refractivity contribution in [2.24, 2.45) is 0 Å². The standard InChI is InChI=1S/C17H26O/c1-4-5-6-7-8-9-10-17(18)16-13-14(2)11-12-15(16)3/h11-13H,4-10H2,1-3H3. The van der Waals surface area contributed by atoms with E-state index in [0.717, 1.165) is 17.5 Å². The highest BCUT2D eigenvalue weighted by atomic mass is 16.1. The maximum absolute atomic E-state index is 12.1. The van der Waals surface area contributed by atoms with Gasteiger partial charge in [0.15, 0.2) is 5.78 Å². The van der Waals surface area contributed by atoms with Gasteiger partial charge in [-0.25, -0.2) is 0 Å². The van der Waals surface area contributed by atoms with Crippen molar-refractivity contribution in [2.75, 3.05) is 0 Å². The first-order chi connectivity index (χ1) is 8.65. The zero-order valence-corrected chi connectivity index (χ0v) is 12.1. The van der Waals surface area contributed by atoms with E-state index in [2.05, 4.69) is 13.0 Å². The van der Waals surface area contributed by atoms with Crippen molar-refractivity contribution >= 4 is 5.78 Å². The largest absolute Gasteiger partial charge is 0.294 e. The first-order valence-corrected chi connectivity index (χ1v) is 7.25. The van der Waals surface area contributed by atoms with Gasteiger partial charge in [0.25, 0.3) is 0 Å². The van der Waals surface area contributed by atoms with Gasteiger partial charge in [0, 0.05) is 12.0 Å². The van der Waals surface area contributed by atoms with Crippen LogP contribution in [0.15, 0.2) is 18.2 Å². The second-order valence-electron chi connectivity index (χ2n) is 5.26. The lowest BCUT2D eigenvalue weighted by Crippen LogP contribution is -2.02. The monoisotopic (exact) mass is 246 g/mol. The molecule has 1 heteroatoms. The normalized spacial score (nSPS) is 10.6. The van der Waals surface area contributed by atoms with Crippen LogP contribution in [-0.2, 0) is 0 Å². The van der Waals surface area contributed by atoms with Gasteiger partial charge in [-0.15, -0.1) is 0 Å². The van der Waals surface area contributed by atoms with Gasteiger partial charge in [0.2, 0.25) is 0 Å². The van der Waals surface area contributed by atoms with Gasteiger partial charge in [0.05, 0.1) is 0 Å². The molecule has 0 N–H and O–H groups in total. The van der Waals surface area contributed by atoms with E-state index in [4.69, 9.17) is 0 Å². The van der Waals surface area contributed by atoms with Gasteiger partial charge < -0.3 is 0 Å². The molecule has 0 aromatic heterocycles. The lowest BCUT2D eigenvalue weighted by molar-refractivity contribution is 0.0978. The SMILES string of the molecule is CCCCCCCCC(=O)c1cc(C)ccc1C. The predicted octanol–water partition coefficient (Wildman–Crippen LogP) is 5.24. The maximum atomic E-state index is 12.1. The Balaban J connectivity index is 2.34. The van der Waals surface area contributed by atoms with Crippen LogP contribution in [0.1, 0.15) is 73.4 Å². The molecule has 0 aliphatic rings. The van der Waals surface area contributed by atoms with Crippen LogP contribution in [0.3, 0.4) is 0 Å². The molecule has 0 heterocycles. The Kier molecular flexibility index (Phi) is 6.70. The zero-order chi connectivity index (χ0) is 13.4. The zero-order valence-electron chi connectivity index (χ0n) is 12.1. The summed E-state index contributed by atoms with van der Waals surface area (Å²) in [7, 11) is 0. The number of hydrogen-bond acceptors (Lipinski definition) is 1. The Morgan fingerprint density at radius 2 is 1.67 bits per heavy atom. The molecule has 0 bridgehead atoms. The molecule has 0 amide bonds. The third-order valence-electron chi connectivity index (χ3n) is 3.45. The number of benzene rings is 1. The highest BCUT2D eigenvalue weighted by molar-refractivity contribution is 5.97. The second-order valence-corrected chi connectivity index (χ2v) is 5.26. The van der Waals surface area contributed by atoms with E-state index in [1.54, 1.807) is 0 Å². The molecule has 0 fully saturated rings. The summed E-state index contributed by atoms with van der Waals surface area (Å²) >= 11 is 0. The Morgan fingerprint density at radius 3 is 2.39 bits per heavy atom. The quantitative estimate of drug-likeness (QED) is 0.453. The van der Waals surface area contributed by atoms with Crippen molar-refractivity contribution in [2.45, 2.75) is 65.7 Å². The number of carbonyl (C=O) groups is 1. The fraction of sp³-hybridized carbons (Fsp3) is 0.588. The number of carbonyl (C=O) groups excluding carboxylic acids is 1. The van der Waals surface area contributed by atoms with Crippen LogP contribution < -0.4 is 0 Å². The van der Waals surface area contributed by atoms with Crippen molar-refractivity contribution in [3.63, 3.8) is 0 Å². The summed E-state index contributed by atoms with van der Waals surface area (Å²) in [4.78, 5) is 12.1. The van der Waals surface area contributed by atoms with Crippen LogP contribution in [-0.4, -0.2) is 5.78 Å². The van der Waals surface area contributed by atoms with Crippen LogP contribution in [0.2, 0.25) is 0 Å². The lowest BCUT2D eigenvalue weighted by Gasteiger charge is -2.06. The lowest BCUT2D eigenvalue weighted by atomic mass is 9.98. The smallest absolute Gasteiger partial charge is 0.163 e. The van der Waals surface area contributed by atoms with Gasteiger partial charge in [0.1, 0.15) is 0 Å². The minimum Gasteiger partial charge on any atom is -0.294 e. The molecular weight excluding hydrogens is 220 g/mol. The Labute approximate surface area is 112 Å². The number of unbranched alkanes of at least 4 members (excludes halogenated alkanes) is 5. The molecule has 0 aliphatic heterocycles. The highest BCUT2D eigenvalue weighted by Gasteiger charge is 2.08. The number of ketones is 1. The minimum absolute atomic E-state index is 0.312. The summed E-state index contributed by atoms with van der Waals surface area (Å²) in [6, 6.07) is 6.13. The van der Waals surface area contributed by atoms with Crippen molar-refractivity contribution < 1.29 is 4.79 Å². The molecule has 0 radical (unpaired) electrons. The van der Waals surface area contributed by atoms with Crippen molar-refractivity contribution in [3.8, 4) is 0 Å². The third kappa shape index (κ3) is 5.03. The van der Waals surface area contributed by atoms with Crippen LogP contribution in [0.25, 0.3) is 0 Å². The molecule has 18 heavy (non-hydrogen) atoms. The topological polar surface area (TPSA) is 17.1 Å². The van der Waals surface area contributed by atoms with E-state index in [1.807, 2.05) is 26.0 Å². The van der Waals surface area contributed by atoms with Crippen LogP contribution in [0.4, 0.5) is 0 Å². The number of Topliss-reactive ketones (excluding diaryl/α,β-unsaturated/α-hetero) is 1. The fourth-order valence-electron chi connectivity index (χ4n) is 2.24. The molecular formula is C17H26O. The Morgan fingerprint density at radius 1 is 1.00 bits per heavy atom. The van der Waals surface area contributed by atoms with E-state index in [0.29, 0.717) is 12.2 Å². The van der Waals surface area contributed by atoms with Crippen molar-refractivity contribution in [1.82, 2.24) is 0 Å². The number of rotatable bonds is 8. The first kappa shape index (κ1) is 14.9. The number of aryl methyl sites for hydroxylation is 2. The Bertz CT molecular complexity index is 379. The number of hydrogen-bond donors (Lipinski definition) is 0. The molecule has 0 atom stereocenters. The molecule has 0 spiro atoms. The van der Waals surface area contributed by atoms with E-state index in [-0.39, 0.29) is 0 Å². The molecule has 1 nitrogen and oxygen atoms in total. The van der Waals surface area contributed by atoms with Crippen molar-refractivity contribution in [3.05, 3.63) is 34.9 Å². The Hall–Kier alpha value is -1.11. The highest BCUT2D eigenvalue weighted by Crippen LogP contribution is 2.15. The third-order valence-corrected chi connectivity index (χ3v) is 3.45. The van der Waals surface area contributed by atoms with Gasteiger partial charge in [-0.1, -0.05) is 56.7 Å². The van der Waals surface area contributed by atoms with E-state index >= 15 is 0 Å². The molecule has 0 aliphatic carbocycles. The molecule has 1 aromatic carbocycles. The molecule has 0 unspecified atom stereocenters. The van der Waals surface area contributed by atoms with Gasteiger partial charge >= 0.3 is 0 Å². The van der Waals surface area contributed by atoms with E-state index < -0.39 is 0 Å². The maximum Gasteiger partial charge on any atom is 0.163 e. The first-order valence-electron chi connectivity index (χ1n) is 7.25. The summed E-state index contributed by atoms with van der Waals surface area (Å²) in [5.74, 6) is 0.312. The van der Waals surface area contributed by atoms with Gasteiger partial charge in [-0.2, -0.15) is 0 Å². The molecule has 1 aromatic rings. The van der Waals surface area contributed by atoms with Crippen molar-refractivity contribution in [1.29, 1.82) is 0 Å². The average Bonchev–Trinajstić information content (AvgIpc) is 2.36. The molecule has 100 valence electrons. The van der Waals surface area contributed by atoms with Gasteiger partial charge in [-0.05, 0) is 31.9 Å². The molecule has 0 saturated carbocycles. The summed E-state index contributed by atoms with van der Waals surface area (Å²) in [5, 5.41) is 0. The van der Waals surface area contributed by atoms with Crippen LogP contribution in [0, 0.1) is 13.8 Å². The average molecular weight is 246 g/mol. The minimum atomic E-state index is 0.312. The second kappa shape index (κ2) is 8.07. The summed E-state index contributed by atoms with van der Waals surface area (Å²) in [6.07, 6.45) is 8.12. The van der Waals surface area contributed by atoms with Crippen LogP contribution in [0.5, 0.6) is 0 Å². The summed E-state index contributed by atoms with van der Waals surface area (Å²) < 4.78 is 0. The fourth-order valence-corrected chi connectivity index (χ4v) is 2.24. The van der Waals surface area contributed by atoms with Gasteiger partial charge in [-0.3, -0.25) is 4.79 Å². The summed E-state index contributed by atoms with van der Waals surface area (Å²) in [6.45, 7) is 6.29.